The van der Waals surface area contributed by atoms with Gasteiger partial charge >= 0.3 is 6.18 Å². The lowest BCUT2D eigenvalue weighted by Crippen LogP contribution is -2.28. The molecule has 1 rings (SSSR count). The third-order valence-corrected chi connectivity index (χ3v) is 2.78. The quantitative estimate of drug-likeness (QED) is 0.826. The highest BCUT2D eigenvalue weighted by Gasteiger charge is 2.30. The number of hydrogen-bond acceptors (Lipinski definition) is 3. The van der Waals surface area contributed by atoms with Crippen LogP contribution < -0.4 is 5.32 Å². The van der Waals surface area contributed by atoms with Gasteiger partial charge in [-0.1, -0.05) is 11.8 Å². The Hall–Kier alpha value is -1.52. The van der Waals surface area contributed by atoms with E-state index in [4.69, 9.17) is 5.11 Å². The molecule has 1 aromatic heterocycles. The predicted molar refractivity (Wildman–Crippen MR) is 60.8 cm³/mol. The molecule has 98 valence electrons. The van der Waals surface area contributed by atoms with Crippen LogP contribution in [0, 0.1) is 11.8 Å². The second-order valence-electron chi connectivity index (χ2n) is 3.29. The van der Waals surface area contributed by atoms with Crippen molar-refractivity contribution < 1.29 is 23.1 Å². The number of aliphatic hydroxyl groups excluding tert-OH is 1. The third-order valence-electron chi connectivity index (χ3n) is 1.85. The number of aliphatic hydroxyl groups is 1. The van der Waals surface area contributed by atoms with E-state index in [1.54, 1.807) is 11.4 Å². The van der Waals surface area contributed by atoms with Gasteiger partial charge in [0.05, 0.1) is 6.54 Å². The highest BCUT2D eigenvalue weighted by molar-refractivity contribution is 7.10. The van der Waals surface area contributed by atoms with E-state index in [0.717, 1.165) is 0 Å². The van der Waals surface area contributed by atoms with Gasteiger partial charge in [0, 0.05) is 10.4 Å². The molecule has 0 unspecified atom stereocenters. The van der Waals surface area contributed by atoms with E-state index in [9.17, 15) is 18.0 Å². The first kappa shape index (κ1) is 14.5. The number of nitrogens with one attached hydrogen (secondary N) is 1. The molecule has 1 amide bonds. The summed E-state index contributed by atoms with van der Waals surface area (Å²) in [6.45, 7) is -0.294. The summed E-state index contributed by atoms with van der Waals surface area (Å²) in [6.07, 6.45) is -5.99. The summed E-state index contributed by atoms with van der Waals surface area (Å²) >= 11 is 1.28. The number of amides is 1. The van der Waals surface area contributed by atoms with E-state index >= 15 is 0 Å². The van der Waals surface area contributed by atoms with Crippen molar-refractivity contribution >= 4 is 17.2 Å². The zero-order chi connectivity index (χ0) is 13.6. The molecular weight excluding hydrogens is 267 g/mol. The molecule has 0 atom stereocenters. The van der Waals surface area contributed by atoms with E-state index in [2.05, 4.69) is 17.2 Å². The Kier molecular flexibility index (Phi) is 5.19. The van der Waals surface area contributed by atoms with Gasteiger partial charge in [0.1, 0.15) is 13.0 Å². The van der Waals surface area contributed by atoms with Crippen LogP contribution >= 0.6 is 11.3 Å². The van der Waals surface area contributed by atoms with Crippen LogP contribution in [0.25, 0.3) is 0 Å². The van der Waals surface area contributed by atoms with Crippen LogP contribution in [-0.2, 0) is 11.3 Å². The summed E-state index contributed by atoms with van der Waals surface area (Å²) in [5.74, 6) is 4.02. The number of carbonyl (C=O) groups is 1. The van der Waals surface area contributed by atoms with E-state index in [1.165, 1.54) is 11.3 Å². The van der Waals surface area contributed by atoms with Crippen molar-refractivity contribution in [2.24, 2.45) is 0 Å². The second-order valence-corrected chi connectivity index (χ2v) is 4.29. The zero-order valence-corrected chi connectivity index (χ0v) is 9.99. The Morgan fingerprint density at radius 1 is 1.50 bits per heavy atom. The summed E-state index contributed by atoms with van der Waals surface area (Å²) < 4.78 is 35.7. The summed E-state index contributed by atoms with van der Waals surface area (Å²) in [6, 6.07) is 1.68. The van der Waals surface area contributed by atoms with Crippen molar-refractivity contribution in [1.82, 2.24) is 5.32 Å². The number of hydrogen-bond donors (Lipinski definition) is 2. The van der Waals surface area contributed by atoms with Gasteiger partial charge in [-0.25, -0.2) is 0 Å². The fourth-order valence-electron chi connectivity index (χ4n) is 1.15. The van der Waals surface area contributed by atoms with E-state index in [-0.39, 0.29) is 13.2 Å². The first-order valence-corrected chi connectivity index (χ1v) is 5.80. The Bertz CT molecular complexity index is 471. The largest absolute Gasteiger partial charge is 0.397 e. The molecule has 0 aromatic carbocycles. The fourth-order valence-corrected chi connectivity index (χ4v) is 1.92. The standard InChI is InChI=1S/C11H10F3NO2S/c12-11(13,14)6-10(17)15-7-9-8(2-1-4-16)3-5-18-9/h3,5,16H,4,6-7H2,(H,15,17). The van der Waals surface area contributed by atoms with E-state index in [1.807, 2.05) is 0 Å². The van der Waals surface area contributed by atoms with Gasteiger partial charge in [-0.2, -0.15) is 13.2 Å². The Labute approximate surface area is 106 Å². The monoisotopic (exact) mass is 277 g/mol. The SMILES string of the molecule is O=C(CC(F)(F)F)NCc1sccc1C#CCO. The van der Waals surface area contributed by atoms with Crippen molar-refractivity contribution in [3.05, 3.63) is 21.9 Å². The van der Waals surface area contributed by atoms with E-state index < -0.39 is 18.5 Å². The summed E-state index contributed by atoms with van der Waals surface area (Å²) in [5, 5.41) is 12.4. The summed E-state index contributed by atoms with van der Waals surface area (Å²) in [5.41, 5.74) is 0.598. The number of alkyl halides is 3. The smallest absolute Gasteiger partial charge is 0.384 e. The molecule has 1 aromatic rings. The van der Waals surface area contributed by atoms with E-state index in [0.29, 0.717) is 10.4 Å². The molecule has 7 heteroatoms. The van der Waals surface area contributed by atoms with Gasteiger partial charge in [-0.3, -0.25) is 4.79 Å². The summed E-state index contributed by atoms with van der Waals surface area (Å²) in [4.78, 5) is 11.6. The second kappa shape index (κ2) is 6.42. The van der Waals surface area contributed by atoms with Crippen molar-refractivity contribution in [3.63, 3.8) is 0 Å². The molecule has 0 aliphatic rings. The molecule has 0 fully saturated rings. The molecule has 0 aliphatic heterocycles. The van der Waals surface area contributed by atoms with Crippen LogP contribution in [0.1, 0.15) is 16.9 Å². The van der Waals surface area contributed by atoms with Crippen LogP contribution in [0.15, 0.2) is 11.4 Å². The summed E-state index contributed by atoms with van der Waals surface area (Å²) in [7, 11) is 0. The molecule has 0 aliphatic carbocycles. The maximum Gasteiger partial charge on any atom is 0.397 e. The Morgan fingerprint density at radius 2 is 2.22 bits per heavy atom. The molecule has 0 radical (unpaired) electrons. The molecule has 1 heterocycles. The van der Waals surface area contributed by atoms with Crippen LogP contribution in [0.3, 0.4) is 0 Å². The molecule has 0 saturated carbocycles. The average molecular weight is 277 g/mol. The topological polar surface area (TPSA) is 49.3 Å². The van der Waals surface area contributed by atoms with Gasteiger partial charge in [-0.05, 0) is 11.4 Å². The molecular formula is C11H10F3NO2S. The van der Waals surface area contributed by atoms with Gasteiger partial charge in [0.15, 0.2) is 0 Å². The minimum Gasteiger partial charge on any atom is -0.384 e. The van der Waals surface area contributed by atoms with Crippen LogP contribution in [0.2, 0.25) is 0 Å². The van der Waals surface area contributed by atoms with Crippen molar-refractivity contribution in [2.75, 3.05) is 6.61 Å². The highest BCUT2D eigenvalue weighted by Crippen LogP contribution is 2.20. The van der Waals surface area contributed by atoms with Gasteiger partial charge < -0.3 is 10.4 Å². The number of thiophene rings is 1. The minimum absolute atomic E-state index is 0.00201. The number of halogens is 3. The molecule has 0 spiro atoms. The first-order chi connectivity index (χ1) is 8.42. The molecule has 2 N–H and O–H groups in total. The lowest BCUT2D eigenvalue weighted by molar-refractivity contribution is -0.153. The van der Waals surface area contributed by atoms with Crippen LogP contribution in [-0.4, -0.2) is 23.8 Å². The number of rotatable bonds is 3. The Morgan fingerprint density at radius 3 is 2.83 bits per heavy atom. The predicted octanol–water partition coefficient (Wildman–Crippen LogP) is 1.66. The maximum atomic E-state index is 11.9. The lowest BCUT2D eigenvalue weighted by Gasteiger charge is -2.06. The molecule has 0 bridgehead atoms. The fraction of sp³-hybridized carbons (Fsp3) is 0.364. The normalized spacial score (nSPS) is 10.7. The molecule has 18 heavy (non-hydrogen) atoms. The molecule has 0 saturated heterocycles. The van der Waals surface area contributed by atoms with Crippen molar-refractivity contribution in [1.29, 1.82) is 0 Å². The zero-order valence-electron chi connectivity index (χ0n) is 9.17. The molecule has 3 nitrogen and oxygen atoms in total. The van der Waals surface area contributed by atoms with Crippen LogP contribution in [0.4, 0.5) is 13.2 Å². The van der Waals surface area contributed by atoms with Gasteiger partial charge in [0.25, 0.3) is 0 Å². The third kappa shape index (κ3) is 5.21. The van der Waals surface area contributed by atoms with Gasteiger partial charge in [0.2, 0.25) is 5.91 Å². The van der Waals surface area contributed by atoms with Crippen molar-refractivity contribution in [2.45, 2.75) is 19.1 Å². The van der Waals surface area contributed by atoms with Crippen LogP contribution in [0.5, 0.6) is 0 Å². The minimum atomic E-state index is -4.50. The van der Waals surface area contributed by atoms with Gasteiger partial charge in [-0.15, -0.1) is 11.3 Å². The first-order valence-electron chi connectivity index (χ1n) is 4.92. The highest BCUT2D eigenvalue weighted by atomic mass is 32.1. The van der Waals surface area contributed by atoms with Crippen molar-refractivity contribution in [3.8, 4) is 11.8 Å². The lowest BCUT2D eigenvalue weighted by atomic mass is 10.2. The maximum absolute atomic E-state index is 11.9. The Balaban J connectivity index is 2.54. The number of carbonyl (C=O) groups excluding carboxylic acids is 1. The average Bonchev–Trinajstić information content (AvgIpc) is 2.68.